The minimum atomic E-state index is -0.376. The molecule has 0 amide bonds. The van der Waals surface area contributed by atoms with Crippen molar-refractivity contribution in [3.8, 4) is 18.1 Å². The molecule has 0 atom stereocenters. The molecule has 0 spiro atoms. The summed E-state index contributed by atoms with van der Waals surface area (Å²) in [5, 5.41) is 0. The molecule has 0 bridgehead atoms. The molecule has 0 saturated carbocycles. The summed E-state index contributed by atoms with van der Waals surface area (Å²) in [6.07, 6.45) is 5.08. The van der Waals surface area contributed by atoms with E-state index in [0.29, 0.717) is 11.3 Å². The van der Waals surface area contributed by atoms with Gasteiger partial charge in [-0.3, -0.25) is 0 Å². The SMILES string of the molecule is C#CCOc1cccc(C(=O)OC)c1C. The Morgan fingerprint density at radius 2 is 2.27 bits per heavy atom. The highest BCUT2D eigenvalue weighted by atomic mass is 16.5. The second-order valence-electron chi connectivity index (χ2n) is 2.91. The predicted molar refractivity (Wildman–Crippen MR) is 56.8 cm³/mol. The first kappa shape index (κ1) is 11.1. The predicted octanol–water partition coefficient (Wildman–Crippen LogP) is 1.79. The van der Waals surface area contributed by atoms with Gasteiger partial charge in [0.05, 0.1) is 12.7 Å². The first-order valence-electron chi connectivity index (χ1n) is 4.45. The van der Waals surface area contributed by atoms with Crippen LogP contribution >= 0.6 is 0 Å². The van der Waals surface area contributed by atoms with Crippen LogP contribution in [0.5, 0.6) is 5.75 Å². The molecular formula is C12H12O3. The van der Waals surface area contributed by atoms with Crippen molar-refractivity contribution in [1.29, 1.82) is 0 Å². The van der Waals surface area contributed by atoms with E-state index in [2.05, 4.69) is 10.7 Å². The number of methoxy groups -OCH3 is 1. The van der Waals surface area contributed by atoms with Crippen LogP contribution in [0.1, 0.15) is 15.9 Å². The molecule has 0 saturated heterocycles. The lowest BCUT2D eigenvalue weighted by atomic mass is 10.1. The Morgan fingerprint density at radius 1 is 1.53 bits per heavy atom. The summed E-state index contributed by atoms with van der Waals surface area (Å²) in [4.78, 5) is 11.3. The van der Waals surface area contributed by atoms with Gasteiger partial charge in [-0.2, -0.15) is 0 Å². The summed E-state index contributed by atoms with van der Waals surface area (Å²) in [5.74, 6) is 2.60. The first-order valence-corrected chi connectivity index (χ1v) is 4.45. The number of carbonyl (C=O) groups is 1. The van der Waals surface area contributed by atoms with Crippen molar-refractivity contribution in [3.63, 3.8) is 0 Å². The second kappa shape index (κ2) is 5.06. The Balaban J connectivity index is 3.01. The van der Waals surface area contributed by atoms with E-state index in [1.54, 1.807) is 25.1 Å². The maximum Gasteiger partial charge on any atom is 0.338 e. The number of hydrogen-bond donors (Lipinski definition) is 0. The highest BCUT2D eigenvalue weighted by Crippen LogP contribution is 2.21. The topological polar surface area (TPSA) is 35.5 Å². The molecular weight excluding hydrogens is 192 g/mol. The highest BCUT2D eigenvalue weighted by molar-refractivity contribution is 5.91. The largest absolute Gasteiger partial charge is 0.481 e. The number of carbonyl (C=O) groups excluding carboxylic acids is 1. The van der Waals surface area contributed by atoms with Crippen LogP contribution < -0.4 is 4.74 Å². The minimum absolute atomic E-state index is 0.186. The van der Waals surface area contributed by atoms with Crippen molar-refractivity contribution in [2.24, 2.45) is 0 Å². The molecule has 0 N–H and O–H groups in total. The van der Waals surface area contributed by atoms with Crippen molar-refractivity contribution in [1.82, 2.24) is 0 Å². The number of rotatable bonds is 3. The van der Waals surface area contributed by atoms with Crippen molar-refractivity contribution < 1.29 is 14.3 Å². The third-order valence-electron chi connectivity index (χ3n) is 2.00. The Kier molecular flexibility index (Phi) is 3.75. The van der Waals surface area contributed by atoms with Crippen molar-refractivity contribution in [2.45, 2.75) is 6.92 Å². The van der Waals surface area contributed by atoms with Crippen LogP contribution in [0.3, 0.4) is 0 Å². The Morgan fingerprint density at radius 3 is 2.87 bits per heavy atom. The highest BCUT2D eigenvalue weighted by Gasteiger charge is 2.11. The van der Waals surface area contributed by atoms with Crippen molar-refractivity contribution in [2.75, 3.05) is 13.7 Å². The van der Waals surface area contributed by atoms with Gasteiger partial charge in [0, 0.05) is 5.56 Å². The zero-order valence-corrected chi connectivity index (χ0v) is 8.74. The van der Waals surface area contributed by atoms with E-state index in [1.807, 2.05) is 0 Å². The number of hydrogen-bond acceptors (Lipinski definition) is 3. The number of terminal acetylenes is 1. The van der Waals surface area contributed by atoms with Crippen LogP contribution in [-0.4, -0.2) is 19.7 Å². The lowest BCUT2D eigenvalue weighted by Crippen LogP contribution is -2.05. The second-order valence-corrected chi connectivity index (χ2v) is 2.91. The molecule has 1 aromatic carbocycles. The molecule has 15 heavy (non-hydrogen) atoms. The van der Waals surface area contributed by atoms with E-state index in [0.717, 1.165) is 5.56 Å². The monoisotopic (exact) mass is 204 g/mol. The molecule has 0 heterocycles. The Bertz CT molecular complexity index is 402. The van der Waals surface area contributed by atoms with Gasteiger partial charge in [-0.1, -0.05) is 12.0 Å². The van der Waals surface area contributed by atoms with Gasteiger partial charge < -0.3 is 9.47 Å². The summed E-state index contributed by atoms with van der Waals surface area (Å²) in [6.45, 7) is 1.98. The van der Waals surface area contributed by atoms with Crippen molar-refractivity contribution in [3.05, 3.63) is 29.3 Å². The fourth-order valence-corrected chi connectivity index (χ4v) is 1.22. The Hall–Kier alpha value is -1.95. The molecule has 1 rings (SSSR count). The summed E-state index contributed by atoms with van der Waals surface area (Å²) in [7, 11) is 1.34. The van der Waals surface area contributed by atoms with Crippen LogP contribution in [-0.2, 0) is 4.74 Å². The summed E-state index contributed by atoms with van der Waals surface area (Å²) in [6, 6.07) is 5.17. The average Bonchev–Trinajstić information content (AvgIpc) is 2.27. The zero-order valence-electron chi connectivity index (χ0n) is 8.74. The van der Waals surface area contributed by atoms with Gasteiger partial charge in [0.2, 0.25) is 0 Å². The normalized spacial score (nSPS) is 9.13. The van der Waals surface area contributed by atoms with E-state index in [9.17, 15) is 4.79 Å². The molecule has 0 aliphatic rings. The zero-order chi connectivity index (χ0) is 11.3. The van der Waals surface area contributed by atoms with E-state index < -0.39 is 0 Å². The quantitative estimate of drug-likeness (QED) is 0.556. The van der Waals surface area contributed by atoms with Gasteiger partial charge in [-0.15, -0.1) is 6.42 Å². The van der Waals surface area contributed by atoms with Gasteiger partial charge in [-0.25, -0.2) is 4.79 Å². The minimum Gasteiger partial charge on any atom is -0.481 e. The van der Waals surface area contributed by atoms with Gasteiger partial charge in [0.15, 0.2) is 0 Å². The van der Waals surface area contributed by atoms with E-state index in [-0.39, 0.29) is 12.6 Å². The fraction of sp³-hybridized carbons (Fsp3) is 0.250. The van der Waals surface area contributed by atoms with Crippen LogP contribution in [0.4, 0.5) is 0 Å². The standard InChI is InChI=1S/C12H12O3/c1-4-8-15-11-7-5-6-10(9(11)2)12(13)14-3/h1,5-7H,8H2,2-3H3. The first-order chi connectivity index (χ1) is 7.20. The van der Waals surface area contributed by atoms with Crippen molar-refractivity contribution >= 4 is 5.97 Å². The molecule has 0 fully saturated rings. The third kappa shape index (κ3) is 2.50. The summed E-state index contributed by atoms with van der Waals surface area (Å²) >= 11 is 0. The molecule has 0 unspecified atom stereocenters. The molecule has 1 aromatic rings. The number of benzene rings is 1. The maximum absolute atomic E-state index is 11.3. The van der Waals surface area contributed by atoms with Crippen LogP contribution in [0.2, 0.25) is 0 Å². The lowest BCUT2D eigenvalue weighted by molar-refractivity contribution is 0.0599. The molecule has 3 nitrogen and oxygen atoms in total. The molecule has 3 heteroatoms. The van der Waals surface area contributed by atoms with Crippen LogP contribution in [0.15, 0.2) is 18.2 Å². The summed E-state index contributed by atoms with van der Waals surface area (Å²) in [5.41, 5.74) is 1.23. The van der Waals surface area contributed by atoms with Crippen LogP contribution in [0.25, 0.3) is 0 Å². The average molecular weight is 204 g/mol. The fourth-order valence-electron chi connectivity index (χ4n) is 1.22. The van der Waals surface area contributed by atoms with Gasteiger partial charge in [-0.05, 0) is 19.1 Å². The number of ether oxygens (including phenoxy) is 2. The number of esters is 1. The van der Waals surface area contributed by atoms with Gasteiger partial charge in [0.25, 0.3) is 0 Å². The third-order valence-corrected chi connectivity index (χ3v) is 2.00. The maximum atomic E-state index is 11.3. The molecule has 0 aliphatic carbocycles. The summed E-state index contributed by atoms with van der Waals surface area (Å²) < 4.78 is 9.92. The molecule has 0 aliphatic heterocycles. The molecule has 78 valence electrons. The smallest absolute Gasteiger partial charge is 0.338 e. The van der Waals surface area contributed by atoms with Gasteiger partial charge in [0.1, 0.15) is 12.4 Å². The van der Waals surface area contributed by atoms with Crippen LogP contribution in [0, 0.1) is 19.3 Å². The lowest BCUT2D eigenvalue weighted by Gasteiger charge is -2.09. The molecule has 0 radical (unpaired) electrons. The molecule has 0 aromatic heterocycles. The van der Waals surface area contributed by atoms with Gasteiger partial charge >= 0.3 is 5.97 Å². The van der Waals surface area contributed by atoms with E-state index in [4.69, 9.17) is 11.2 Å². The Labute approximate surface area is 89.0 Å². The van der Waals surface area contributed by atoms with E-state index >= 15 is 0 Å². The van der Waals surface area contributed by atoms with E-state index in [1.165, 1.54) is 7.11 Å².